The SMILES string of the molecule is COc1ccc(C(N)c2scc(C)c2Cl)cc1Cl. The van der Waals surface area contributed by atoms with E-state index in [0.29, 0.717) is 10.8 Å². The molecule has 2 N–H and O–H groups in total. The van der Waals surface area contributed by atoms with Gasteiger partial charge in [-0.15, -0.1) is 11.3 Å². The Bertz CT molecular complexity index is 568. The van der Waals surface area contributed by atoms with Crippen LogP contribution in [0.5, 0.6) is 5.75 Å². The highest BCUT2D eigenvalue weighted by Gasteiger charge is 2.17. The van der Waals surface area contributed by atoms with Crippen LogP contribution in [0.15, 0.2) is 23.6 Å². The van der Waals surface area contributed by atoms with Crippen LogP contribution < -0.4 is 10.5 Å². The topological polar surface area (TPSA) is 35.2 Å². The largest absolute Gasteiger partial charge is 0.495 e. The average molecular weight is 302 g/mol. The van der Waals surface area contributed by atoms with Gasteiger partial charge in [0.2, 0.25) is 0 Å². The van der Waals surface area contributed by atoms with Gasteiger partial charge in [0.15, 0.2) is 0 Å². The predicted octanol–water partition coefficient (Wildman–Crippen LogP) is 4.42. The van der Waals surface area contributed by atoms with Crippen molar-refractivity contribution in [2.24, 2.45) is 5.73 Å². The second kappa shape index (κ2) is 5.49. The minimum absolute atomic E-state index is 0.264. The lowest BCUT2D eigenvalue weighted by Crippen LogP contribution is -2.10. The van der Waals surface area contributed by atoms with Crippen molar-refractivity contribution >= 4 is 34.5 Å². The van der Waals surface area contributed by atoms with Crippen molar-refractivity contribution in [1.82, 2.24) is 0 Å². The number of nitrogens with two attached hydrogens (primary N) is 1. The summed E-state index contributed by atoms with van der Waals surface area (Å²) < 4.78 is 5.12. The molecule has 1 aromatic heterocycles. The number of benzene rings is 1. The third-order valence-electron chi connectivity index (χ3n) is 2.74. The number of halogens is 2. The van der Waals surface area contributed by atoms with Crippen LogP contribution in [0.2, 0.25) is 10.0 Å². The molecule has 2 aromatic rings. The first-order chi connectivity index (χ1) is 8.54. The molecule has 18 heavy (non-hydrogen) atoms. The lowest BCUT2D eigenvalue weighted by Gasteiger charge is -2.13. The van der Waals surface area contributed by atoms with Crippen molar-refractivity contribution in [1.29, 1.82) is 0 Å². The molecule has 0 bridgehead atoms. The van der Waals surface area contributed by atoms with Gasteiger partial charge in [0.05, 0.1) is 23.2 Å². The van der Waals surface area contributed by atoms with Gasteiger partial charge in [-0.25, -0.2) is 0 Å². The van der Waals surface area contributed by atoms with E-state index < -0.39 is 0 Å². The van der Waals surface area contributed by atoms with Crippen LogP contribution >= 0.6 is 34.5 Å². The Hall–Kier alpha value is -0.740. The maximum atomic E-state index is 6.22. The quantitative estimate of drug-likeness (QED) is 0.911. The minimum atomic E-state index is -0.264. The molecule has 1 heterocycles. The highest BCUT2D eigenvalue weighted by Crippen LogP contribution is 2.36. The molecule has 2 nitrogen and oxygen atoms in total. The van der Waals surface area contributed by atoms with Crippen LogP contribution in [-0.2, 0) is 0 Å². The van der Waals surface area contributed by atoms with Crippen LogP contribution in [0.1, 0.15) is 22.0 Å². The van der Waals surface area contributed by atoms with Crippen LogP contribution in [0.3, 0.4) is 0 Å². The van der Waals surface area contributed by atoms with E-state index in [1.807, 2.05) is 30.5 Å². The molecule has 0 aliphatic carbocycles. The number of aryl methyl sites for hydroxylation is 1. The van der Waals surface area contributed by atoms with Crippen LogP contribution in [0.4, 0.5) is 0 Å². The molecule has 96 valence electrons. The second-order valence-corrected chi connectivity index (χ2v) is 5.66. The second-order valence-electron chi connectivity index (χ2n) is 3.97. The molecule has 2 rings (SSSR count). The Morgan fingerprint density at radius 2 is 2.06 bits per heavy atom. The summed E-state index contributed by atoms with van der Waals surface area (Å²) in [5.41, 5.74) is 8.19. The predicted molar refractivity (Wildman–Crippen MR) is 78.1 cm³/mol. The normalized spacial score (nSPS) is 12.5. The number of ether oxygens (including phenoxy) is 1. The molecule has 0 saturated heterocycles. The van der Waals surface area contributed by atoms with Gasteiger partial charge in [-0.3, -0.25) is 0 Å². The summed E-state index contributed by atoms with van der Waals surface area (Å²) in [5.74, 6) is 0.640. The van der Waals surface area contributed by atoms with Crippen LogP contribution in [0.25, 0.3) is 0 Å². The number of thiophene rings is 1. The van der Waals surface area contributed by atoms with Gasteiger partial charge in [0.1, 0.15) is 5.75 Å². The van der Waals surface area contributed by atoms with E-state index in [1.165, 1.54) is 0 Å². The van der Waals surface area contributed by atoms with Crippen LogP contribution in [-0.4, -0.2) is 7.11 Å². The van der Waals surface area contributed by atoms with Gasteiger partial charge in [0.25, 0.3) is 0 Å². The van der Waals surface area contributed by atoms with Gasteiger partial charge >= 0.3 is 0 Å². The maximum Gasteiger partial charge on any atom is 0.137 e. The smallest absolute Gasteiger partial charge is 0.137 e. The van der Waals surface area contributed by atoms with E-state index in [2.05, 4.69) is 0 Å². The third-order valence-corrected chi connectivity index (χ3v) is 4.84. The summed E-state index contributed by atoms with van der Waals surface area (Å²) in [6.45, 7) is 1.97. The highest BCUT2D eigenvalue weighted by atomic mass is 35.5. The monoisotopic (exact) mass is 301 g/mol. The first-order valence-corrected chi connectivity index (χ1v) is 7.00. The van der Waals surface area contributed by atoms with Crippen molar-refractivity contribution in [2.45, 2.75) is 13.0 Å². The van der Waals surface area contributed by atoms with Gasteiger partial charge < -0.3 is 10.5 Å². The summed E-state index contributed by atoms with van der Waals surface area (Å²) in [5, 5.41) is 3.29. The number of rotatable bonds is 3. The third kappa shape index (κ3) is 2.50. The number of methoxy groups -OCH3 is 1. The fourth-order valence-electron chi connectivity index (χ4n) is 1.69. The van der Waals surface area contributed by atoms with Crippen molar-refractivity contribution in [3.05, 3.63) is 49.6 Å². The molecular weight excluding hydrogens is 289 g/mol. The van der Waals surface area contributed by atoms with Gasteiger partial charge in [-0.2, -0.15) is 0 Å². The van der Waals surface area contributed by atoms with E-state index in [-0.39, 0.29) is 6.04 Å². The van der Waals surface area contributed by atoms with E-state index >= 15 is 0 Å². The lowest BCUT2D eigenvalue weighted by molar-refractivity contribution is 0.415. The zero-order valence-electron chi connectivity index (χ0n) is 10.0. The lowest BCUT2D eigenvalue weighted by atomic mass is 10.1. The van der Waals surface area contributed by atoms with E-state index in [0.717, 1.165) is 21.0 Å². The molecule has 0 amide bonds. The summed E-state index contributed by atoms with van der Waals surface area (Å²) in [6.07, 6.45) is 0. The average Bonchev–Trinajstić information content (AvgIpc) is 2.69. The summed E-state index contributed by atoms with van der Waals surface area (Å²) in [6, 6.07) is 5.27. The molecular formula is C13H13Cl2NOS. The molecule has 0 saturated carbocycles. The van der Waals surface area contributed by atoms with Crippen LogP contribution in [0, 0.1) is 6.92 Å². The Balaban J connectivity index is 2.37. The fraction of sp³-hybridized carbons (Fsp3) is 0.231. The van der Waals surface area contributed by atoms with E-state index in [4.69, 9.17) is 33.7 Å². The Labute approximate surface area is 120 Å². The van der Waals surface area contributed by atoms with Crippen molar-refractivity contribution in [3.8, 4) is 5.75 Å². The highest BCUT2D eigenvalue weighted by molar-refractivity contribution is 7.10. The standard InChI is InChI=1S/C13H13Cl2NOS/c1-7-6-18-13(11(7)15)12(16)8-3-4-10(17-2)9(14)5-8/h3-6,12H,16H2,1-2H3. The van der Waals surface area contributed by atoms with E-state index in [1.54, 1.807) is 18.4 Å². The fourth-order valence-corrected chi connectivity index (χ4v) is 3.29. The Kier molecular flexibility index (Phi) is 4.17. The first-order valence-electron chi connectivity index (χ1n) is 5.37. The zero-order chi connectivity index (χ0) is 13.3. The molecule has 0 aliphatic rings. The van der Waals surface area contributed by atoms with Gasteiger partial charge in [0, 0.05) is 4.88 Å². The van der Waals surface area contributed by atoms with Crippen molar-refractivity contribution in [2.75, 3.05) is 7.11 Å². The van der Waals surface area contributed by atoms with E-state index in [9.17, 15) is 0 Å². The first kappa shape index (κ1) is 13.7. The Morgan fingerprint density at radius 1 is 1.33 bits per heavy atom. The molecule has 5 heteroatoms. The Morgan fingerprint density at radius 3 is 2.56 bits per heavy atom. The molecule has 0 radical (unpaired) electrons. The molecule has 1 aromatic carbocycles. The molecule has 1 unspecified atom stereocenters. The van der Waals surface area contributed by atoms with Gasteiger partial charge in [-0.1, -0.05) is 29.3 Å². The molecule has 0 fully saturated rings. The van der Waals surface area contributed by atoms with Crippen molar-refractivity contribution in [3.63, 3.8) is 0 Å². The molecule has 0 aliphatic heterocycles. The minimum Gasteiger partial charge on any atom is -0.495 e. The zero-order valence-corrected chi connectivity index (χ0v) is 12.4. The van der Waals surface area contributed by atoms with Crippen molar-refractivity contribution < 1.29 is 4.74 Å². The van der Waals surface area contributed by atoms with Gasteiger partial charge in [-0.05, 0) is 35.6 Å². The molecule has 1 atom stereocenters. The number of hydrogen-bond acceptors (Lipinski definition) is 3. The molecule has 0 spiro atoms. The number of hydrogen-bond donors (Lipinski definition) is 1. The summed E-state index contributed by atoms with van der Waals surface area (Å²) in [4.78, 5) is 0.954. The maximum absolute atomic E-state index is 6.22. The summed E-state index contributed by atoms with van der Waals surface area (Å²) in [7, 11) is 1.58. The summed E-state index contributed by atoms with van der Waals surface area (Å²) >= 11 is 13.9.